The van der Waals surface area contributed by atoms with Crippen molar-refractivity contribution >= 4 is 5.96 Å². The molecule has 1 unspecified atom stereocenters. The van der Waals surface area contributed by atoms with Gasteiger partial charge in [0, 0.05) is 19.1 Å². The summed E-state index contributed by atoms with van der Waals surface area (Å²) in [5.74, 6) is 0.946. The Balaban J connectivity index is 1.79. The average Bonchev–Trinajstić information content (AvgIpc) is 3.01. The second kappa shape index (κ2) is 9.46. The SMILES string of the molecule is CCNC(=NCC1CCCN1CC)NCCc1ccccc1. The molecular weight excluding hydrogens is 272 g/mol. The van der Waals surface area contributed by atoms with Crippen LogP contribution in [0.5, 0.6) is 0 Å². The molecule has 1 aromatic rings. The zero-order valence-corrected chi connectivity index (χ0v) is 14.0. The molecule has 2 rings (SSSR count). The number of likely N-dealkylation sites (N-methyl/N-ethyl adjacent to an activating group) is 1. The van der Waals surface area contributed by atoms with Gasteiger partial charge in [0.25, 0.3) is 0 Å². The second-order valence-corrected chi connectivity index (χ2v) is 5.81. The van der Waals surface area contributed by atoms with Gasteiger partial charge in [-0.2, -0.15) is 0 Å². The summed E-state index contributed by atoms with van der Waals surface area (Å²) in [4.78, 5) is 7.32. The van der Waals surface area contributed by atoms with E-state index in [9.17, 15) is 0 Å². The third-order valence-corrected chi connectivity index (χ3v) is 4.26. The fraction of sp³-hybridized carbons (Fsp3) is 0.611. The third kappa shape index (κ3) is 5.34. The van der Waals surface area contributed by atoms with E-state index in [0.29, 0.717) is 6.04 Å². The van der Waals surface area contributed by atoms with Crippen LogP contribution in [0.2, 0.25) is 0 Å². The summed E-state index contributed by atoms with van der Waals surface area (Å²) in [6, 6.07) is 11.2. The maximum Gasteiger partial charge on any atom is 0.191 e. The van der Waals surface area contributed by atoms with Gasteiger partial charge in [0.2, 0.25) is 0 Å². The van der Waals surface area contributed by atoms with Gasteiger partial charge >= 0.3 is 0 Å². The van der Waals surface area contributed by atoms with E-state index in [1.54, 1.807) is 0 Å². The molecule has 2 N–H and O–H groups in total. The molecule has 4 nitrogen and oxygen atoms in total. The number of hydrogen-bond donors (Lipinski definition) is 2. The molecule has 22 heavy (non-hydrogen) atoms. The van der Waals surface area contributed by atoms with E-state index in [0.717, 1.165) is 38.6 Å². The lowest BCUT2D eigenvalue weighted by Crippen LogP contribution is -2.40. The summed E-state index contributed by atoms with van der Waals surface area (Å²) in [6.07, 6.45) is 3.61. The van der Waals surface area contributed by atoms with Crippen molar-refractivity contribution in [2.75, 3.05) is 32.7 Å². The molecule has 4 heteroatoms. The number of benzene rings is 1. The molecule has 0 radical (unpaired) electrons. The molecule has 0 aliphatic carbocycles. The predicted molar refractivity (Wildman–Crippen MR) is 94.4 cm³/mol. The molecule has 0 spiro atoms. The molecule has 1 aliphatic rings. The van der Waals surface area contributed by atoms with Crippen molar-refractivity contribution in [2.24, 2.45) is 4.99 Å². The molecule has 0 aromatic heterocycles. The summed E-state index contributed by atoms with van der Waals surface area (Å²) < 4.78 is 0. The Labute approximate surface area is 135 Å². The van der Waals surface area contributed by atoms with Gasteiger partial charge in [-0.15, -0.1) is 0 Å². The highest BCUT2D eigenvalue weighted by atomic mass is 15.2. The van der Waals surface area contributed by atoms with E-state index < -0.39 is 0 Å². The van der Waals surface area contributed by atoms with Crippen LogP contribution in [-0.4, -0.2) is 49.6 Å². The van der Waals surface area contributed by atoms with E-state index in [1.807, 2.05) is 0 Å². The van der Waals surface area contributed by atoms with Gasteiger partial charge in [0.15, 0.2) is 5.96 Å². The summed E-state index contributed by atoms with van der Waals surface area (Å²) in [5, 5.41) is 6.79. The minimum absolute atomic E-state index is 0.620. The second-order valence-electron chi connectivity index (χ2n) is 5.81. The Bertz CT molecular complexity index is 444. The van der Waals surface area contributed by atoms with Crippen LogP contribution in [0.15, 0.2) is 35.3 Å². The number of guanidine groups is 1. The Morgan fingerprint density at radius 3 is 2.77 bits per heavy atom. The van der Waals surface area contributed by atoms with Gasteiger partial charge in [-0.05, 0) is 44.8 Å². The highest BCUT2D eigenvalue weighted by molar-refractivity contribution is 5.79. The van der Waals surface area contributed by atoms with Crippen LogP contribution in [0.25, 0.3) is 0 Å². The number of nitrogens with one attached hydrogen (secondary N) is 2. The Hall–Kier alpha value is -1.55. The summed E-state index contributed by atoms with van der Waals surface area (Å²) in [6.45, 7) is 9.44. The van der Waals surface area contributed by atoms with Gasteiger partial charge in [-0.1, -0.05) is 37.3 Å². The van der Waals surface area contributed by atoms with Crippen LogP contribution in [0.3, 0.4) is 0 Å². The Kier molecular flexibility index (Phi) is 7.23. The first-order chi connectivity index (χ1) is 10.8. The average molecular weight is 302 g/mol. The van der Waals surface area contributed by atoms with Crippen LogP contribution < -0.4 is 10.6 Å². The summed E-state index contributed by atoms with van der Waals surface area (Å²) >= 11 is 0. The lowest BCUT2D eigenvalue weighted by molar-refractivity contribution is 0.273. The van der Waals surface area contributed by atoms with Crippen LogP contribution in [-0.2, 0) is 6.42 Å². The minimum atomic E-state index is 0.620. The van der Waals surface area contributed by atoms with Crippen LogP contribution in [0, 0.1) is 0 Å². The molecule has 1 saturated heterocycles. The monoisotopic (exact) mass is 302 g/mol. The topological polar surface area (TPSA) is 39.7 Å². The summed E-state index contributed by atoms with van der Waals surface area (Å²) in [7, 11) is 0. The molecule has 122 valence electrons. The van der Waals surface area contributed by atoms with Crippen molar-refractivity contribution in [1.29, 1.82) is 0 Å². The van der Waals surface area contributed by atoms with E-state index in [-0.39, 0.29) is 0 Å². The van der Waals surface area contributed by atoms with E-state index >= 15 is 0 Å². The molecule has 1 fully saturated rings. The highest BCUT2D eigenvalue weighted by Crippen LogP contribution is 2.16. The maximum atomic E-state index is 4.78. The largest absolute Gasteiger partial charge is 0.357 e. The summed E-state index contributed by atoms with van der Waals surface area (Å²) in [5.41, 5.74) is 1.36. The maximum absolute atomic E-state index is 4.78. The van der Waals surface area contributed by atoms with Gasteiger partial charge in [0.1, 0.15) is 0 Å². The van der Waals surface area contributed by atoms with Gasteiger partial charge < -0.3 is 10.6 Å². The van der Waals surface area contributed by atoms with Crippen LogP contribution in [0.1, 0.15) is 32.3 Å². The van der Waals surface area contributed by atoms with E-state index in [4.69, 9.17) is 4.99 Å². The Morgan fingerprint density at radius 2 is 2.05 bits per heavy atom. The quantitative estimate of drug-likeness (QED) is 0.599. The zero-order valence-electron chi connectivity index (χ0n) is 14.0. The molecule has 1 heterocycles. The first-order valence-corrected chi connectivity index (χ1v) is 8.63. The highest BCUT2D eigenvalue weighted by Gasteiger charge is 2.22. The fourth-order valence-electron chi connectivity index (χ4n) is 3.03. The molecule has 0 saturated carbocycles. The van der Waals surface area contributed by atoms with E-state index in [1.165, 1.54) is 24.9 Å². The first kappa shape index (κ1) is 16.8. The molecule has 0 bridgehead atoms. The lowest BCUT2D eigenvalue weighted by Gasteiger charge is -2.21. The third-order valence-electron chi connectivity index (χ3n) is 4.26. The number of rotatable bonds is 7. The van der Waals surface area contributed by atoms with E-state index in [2.05, 4.69) is 59.7 Å². The number of hydrogen-bond acceptors (Lipinski definition) is 2. The molecule has 1 aromatic carbocycles. The van der Waals surface area contributed by atoms with Crippen LogP contribution >= 0.6 is 0 Å². The van der Waals surface area contributed by atoms with Gasteiger partial charge in [0.05, 0.1) is 6.54 Å². The van der Waals surface area contributed by atoms with Gasteiger partial charge in [-0.3, -0.25) is 9.89 Å². The number of likely N-dealkylation sites (tertiary alicyclic amines) is 1. The molecule has 0 amide bonds. The van der Waals surface area contributed by atoms with Crippen molar-refractivity contribution in [3.63, 3.8) is 0 Å². The minimum Gasteiger partial charge on any atom is -0.357 e. The first-order valence-electron chi connectivity index (χ1n) is 8.63. The zero-order chi connectivity index (χ0) is 15.6. The smallest absolute Gasteiger partial charge is 0.191 e. The molecule has 1 aliphatic heterocycles. The standard InChI is InChI=1S/C18H30N4/c1-3-19-18(20-13-12-16-9-6-5-7-10-16)21-15-17-11-8-14-22(17)4-2/h5-7,9-10,17H,3-4,8,11-15H2,1-2H3,(H2,19,20,21). The van der Waals surface area contributed by atoms with Gasteiger partial charge in [-0.25, -0.2) is 0 Å². The fourth-order valence-corrected chi connectivity index (χ4v) is 3.03. The van der Waals surface area contributed by atoms with Crippen molar-refractivity contribution in [1.82, 2.24) is 15.5 Å². The molecular formula is C18H30N4. The predicted octanol–water partition coefficient (Wildman–Crippen LogP) is 2.27. The molecule has 1 atom stereocenters. The van der Waals surface area contributed by atoms with Crippen LogP contribution in [0.4, 0.5) is 0 Å². The van der Waals surface area contributed by atoms with Crippen molar-refractivity contribution in [3.05, 3.63) is 35.9 Å². The van der Waals surface area contributed by atoms with Crippen molar-refractivity contribution in [3.8, 4) is 0 Å². The Morgan fingerprint density at radius 1 is 1.23 bits per heavy atom. The normalized spacial score (nSPS) is 19.4. The van der Waals surface area contributed by atoms with Crippen molar-refractivity contribution in [2.45, 2.75) is 39.2 Å². The number of aliphatic imine (C=N–C) groups is 1. The number of nitrogens with zero attached hydrogens (tertiary/aromatic N) is 2. The lowest BCUT2D eigenvalue weighted by atomic mass is 10.1. The van der Waals surface area contributed by atoms with Crippen molar-refractivity contribution < 1.29 is 0 Å².